The molecule has 13 heavy (non-hydrogen) atoms. The van der Waals surface area contributed by atoms with Crippen molar-refractivity contribution in [2.45, 2.75) is 0 Å². The average molecular weight is 189 g/mol. The largest absolute Gasteiger partial charge is 0.507 e. The molecule has 0 bridgehead atoms. The second kappa shape index (κ2) is 2.26. The van der Waals surface area contributed by atoms with Gasteiger partial charge >= 0.3 is 0 Å². The van der Waals surface area contributed by atoms with Crippen molar-refractivity contribution < 1.29 is 5.11 Å². The number of hydrogen-bond acceptors (Lipinski definition) is 2. The molecular weight excluding hydrogens is 182 g/mol. The minimum atomic E-state index is 0.364. The van der Waals surface area contributed by atoms with Gasteiger partial charge in [0.2, 0.25) is 0 Å². The van der Waals surface area contributed by atoms with Crippen LogP contribution in [0.3, 0.4) is 0 Å². The second-order valence-corrected chi connectivity index (χ2v) is 3.92. The Morgan fingerprint density at radius 1 is 1.31 bits per heavy atom. The van der Waals surface area contributed by atoms with Crippen LogP contribution < -0.4 is 0 Å². The van der Waals surface area contributed by atoms with Crippen molar-refractivity contribution in [3.8, 4) is 5.75 Å². The molecule has 0 saturated carbocycles. The maximum atomic E-state index is 9.67. The molecule has 0 atom stereocenters. The summed E-state index contributed by atoms with van der Waals surface area (Å²) in [6.45, 7) is 0. The van der Waals surface area contributed by atoms with Crippen molar-refractivity contribution in [1.29, 1.82) is 0 Å². The molecule has 0 aliphatic rings. The summed E-state index contributed by atoms with van der Waals surface area (Å²) in [6.07, 6.45) is 1.89. The van der Waals surface area contributed by atoms with Gasteiger partial charge in [-0.25, -0.2) is 0 Å². The van der Waals surface area contributed by atoms with Gasteiger partial charge in [0, 0.05) is 17.0 Å². The zero-order chi connectivity index (χ0) is 8.84. The average Bonchev–Trinajstić information content (AvgIpc) is 2.66. The molecule has 2 aromatic heterocycles. The van der Waals surface area contributed by atoms with E-state index in [1.807, 2.05) is 23.7 Å². The molecule has 0 spiro atoms. The normalized spacial score (nSPS) is 11.4. The number of fused-ring (bicyclic) bond motifs is 3. The number of rotatable bonds is 0. The van der Waals surface area contributed by atoms with Gasteiger partial charge in [0.15, 0.2) is 0 Å². The summed E-state index contributed by atoms with van der Waals surface area (Å²) in [5.74, 6) is 0.364. The van der Waals surface area contributed by atoms with Gasteiger partial charge in [-0.1, -0.05) is 0 Å². The molecule has 3 aromatic rings. The lowest BCUT2D eigenvalue weighted by atomic mass is 10.2. The summed E-state index contributed by atoms with van der Waals surface area (Å²) in [5.41, 5.74) is 1.11. The SMILES string of the molecule is Oc1cc2cc[nH]c2c2sccc12. The highest BCUT2D eigenvalue weighted by Crippen LogP contribution is 2.35. The Kier molecular flexibility index (Phi) is 1.21. The van der Waals surface area contributed by atoms with Gasteiger partial charge in [-0.05, 0) is 23.6 Å². The van der Waals surface area contributed by atoms with E-state index in [0.717, 1.165) is 21.0 Å². The summed E-state index contributed by atoms with van der Waals surface area (Å²) in [7, 11) is 0. The smallest absolute Gasteiger partial charge is 0.125 e. The maximum Gasteiger partial charge on any atom is 0.125 e. The van der Waals surface area contributed by atoms with Gasteiger partial charge < -0.3 is 10.1 Å². The standard InChI is InChI=1S/C10H7NOS/c12-8-5-6-1-3-11-9(6)10-7(8)2-4-13-10/h1-5,11-12H. The Hall–Kier alpha value is -1.48. The Bertz CT molecular complexity index is 579. The van der Waals surface area contributed by atoms with E-state index in [4.69, 9.17) is 0 Å². The minimum Gasteiger partial charge on any atom is -0.507 e. The van der Waals surface area contributed by atoms with Gasteiger partial charge in [0.25, 0.3) is 0 Å². The second-order valence-electron chi connectivity index (χ2n) is 3.00. The number of aromatic nitrogens is 1. The van der Waals surface area contributed by atoms with Gasteiger partial charge in [0.05, 0.1) is 10.2 Å². The highest BCUT2D eigenvalue weighted by atomic mass is 32.1. The zero-order valence-electron chi connectivity index (χ0n) is 6.74. The van der Waals surface area contributed by atoms with Crippen molar-refractivity contribution in [3.05, 3.63) is 29.8 Å². The highest BCUT2D eigenvalue weighted by molar-refractivity contribution is 7.18. The Balaban J connectivity index is 2.70. The fourth-order valence-corrected chi connectivity index (χ4v) is 2.56. The van der Waals surface area contributed by atoms with Crippen molar-refractivity contribution in [2.24, 2.45) is 0 Å². The lowest BCUT2D eigenvalue weighted by molar-refractivity contribution is 0.482. The number of aromatic hydroxyl groups is 1. The van der Waals surface area contributed by atoms with Crippen molar-refractivity contribution >= 4 is 32.3 Å². The van der Waals surface area contributed by atoms with Crippen LogP contribution in [0, 0.1) is 0 Å². The monoisotopic (exact) mass is 189 g/mol. The Morgan fingerprint density at radius 2 is 2.23 bits per heavy atom. The molecule has 3 rings (SSSR count). The van der Waals surface area contributed by atoms with Crippen LogP contribution in [-0.2, 0) is 0 Å². The highest BCUT2D eigenvalue weighted by Gasteiger charge is 2.06. The quantitative estimate of drug-likeness (QED) is 0.560. The zero-order valence-corrected chi connectivity index (χ0v) is 7.56. The molecule has 0 amide bonds. The van der Waals surface area contributed by atoms with Crippen molar-refractivity contribution in [1.82, 2.24) is 4.98 Å². The molecule has 0 aliphatic heterocycles. The molecule has 0 unspecified atom stereocenters. The van der Waals surface area contributed by atoms with E-state index in [0.29, 0.717) is 5.75 Å². The third-order valence-corrected chi connectivity index (χ3v) is 3.17. The van der Waals surface area contributed by atoms with Crippen LogP contribution >= 0.6 is 11.3 Å². The molecule has 0 radical (unpaired) electrons. The molecule has 2 heterocycles. The number of phenolic OH excluding ortho intramolecular Hbond substituents is 1. The van der Waals surface area contributed by atoms with Crippen LogP contribution in [0.15, 0.2) is 29.8 Å². The number of hydrogen-bond donors (Lipinski definition) is 2. The van der Waals surface area contributed by atoms with Crippen LogP contribution in [0.2, 0.25) is 0 Å². The lowest BCUT2D eigenvalue weighted by Gasteiger charge is -1.96. The maximum absolute atomic E-state index is 9.67. The number of thiophene rings is 1. The van der Waals surface area contributed by atoms with E-state index in [1.165, 1.54) is 0 Å². The van der Waals surface area contributed by atoms with E-state index in [2.05, 4.69) is 4.98 Å². The fraction of sp³-hybridized carbons (Fsp3) is 0. The third kappa shape index (κ3) is 0.820. The first-order valence-electron chi connectivity index (χ1n) is 4.02. The van der Waals surface area contributed by atoms with E-state index < -0.39 is 0 Å². The van der Waals surface area contributed by atoms with Crippen LogP contribution in [0.1, 0.15) is 0 Å². The van der Waals surface area contributed by atoms with Crippen LogP contribution in [0.5, 0.6) is 5.75 Å². The molecule has 0 fully saturated rings. The molecule has 64 valence electrons. The number of benzene rings is 1. The fourth-order valence-electron chi connectivity index (χ4n) is 1.63. The molecule has 2 N–H and O–H groups in total. The van der Waals surface area contributed by atoms with Crippen LogP contribution in [-0.4, -0.2) is 10.1 Å². The summed E-state index contributed by atoms with van der Waals surface area (Å²) < 4.78 is 1.13. The minimum absolute atomic E-state index is 0.364. The number of nitrogens with one attached hydrogen (secondary N) is 1. The van der Waals surface area contributed by atoms with E-state index >= 15 is 0 Å². The van der Waals surface area contributed by atoms with E-state index in [9.17, 15) is 5.11 Å². The molecule has 3 heteroatoms. The van der Waals surface area contributed by atoms with Gasteiger partial charge in [-0.2, -0.15) is 0 Å². The summed E-state index contributed by atoms with van der Waals surface area (Å²) in [6, 6.07) is 5.70. The molecular formula is C10H7NOS. The molecule has 0 aliphatic carbocycles. The number of phenols is 1. The molecule has 1 aromatic carbocycles. The lowest BCUT2D eigenvalue weighted by Crippen LogP contribution is -1.70. The van der Waals surface area contributed by atoms with E-state index in [-0.39, 0.29) is 0 Å². The van der Waals surface area contributed by atoms with Crippen molar-refractivity contribution in [3.63, 3.8) is 0 Å². The predicted octanol–water partition coefficient (Wildman–Crippen LogP) is 3.09. The Morgan fingerprint density at radius 3 is 3.15 bits per heavy atom. The van der Waals surface area contributed by atoms with Crippen molar-refractivity contribution in [2.75, 3.05) is 0 Å². The summed E-state index contributed by atoms with van der Waals surface area (Å²) in [4.78, 5) is 3.18. The van der Waals surface area contributed by atoms with Crippen LogP contribution in [0.25, 0.3) is 21.0 Å². The first-order valence-corrected chi connectivity index (χ1v) is 4.90. The van der Waals surface area contributed by atoms with E-state index in [1.54, 1.807) is 17.4 Å². The summed E-state index contributed by atoms with van der Waals surface area (Å²) in [5, 5.41) is 13.7. The van der Waals surface area contributed by atoms with Gasteiger partial charge in [-0.3, -0.25) is 0 Å². The van der Waals surface area contributed by atoms with Gasteiger partial charge in [0.1, 0.15) is 5.75 Å². The number of aromatic amines is 1. The number of H-pyrrole nitrogens is 1. The predicted molar refractivity (Wildman–Crippen MR) is 55.3 cm³/mol. The first kappa shape index (κ1) is 6.97. The first-order chi connectivity index (χ1) is 6.36. The molecule has 2 nitrogen and oxygen atoms in total. The third-order valence-electron chi connectivity index (χ3n) is 2.24. The van der Waals surface area contributed by atoms with Gasteiger partial charge in [-0.15, -0.1) is 11.3 Å². The Labute approximate surface area is 78.4 Å². The molecule has 0 saturated heterocycles. The topological polar surface area (TPSA) is 36.0 Å². The van der Waals surface area contributed by atoms with Crippen LogP contribution in [0.4, 0.5) is 0 Å². The summed E-state index contributed by atoms with van der Waals surface area (Å²) >= 11 is 1.64.